The van der Waals surface area contributed by atoms with Gasteiger partial charge in [0.25, 0.3) is 5.69 Å². The normalized spacial score (nSPS) is 19.4. The summed E-state index contributed by atoms with van der Waals surface area (Å²) in [6.07, 6.45) is 1.20. The molecule has 1 heterocycles. The number of anilines is 1. The second-order valence-electron chi connectivity index (χ2n) is 5.28. The number of hydrogen-bond acceptors (Lipinski definition) is 5. The van der Waals surface area contributed by atoms with Gasteiger partial charge < -0.3 is 5.32 Å². The number of nitro benzene ring substituents is 1. The van der Waals surface area contributed by atoms with Crippen molar-refractivity contribution in [1.82, 2.24) is 4.90 Å². The Morgan fingerprint density at radius 3 is 2.95 bits per heavy atom. The molecule has 1 aliphatic rings. The summed E-state index contributed by atoms with van der Waals surface area (Å²) >= 11 is 2.05. The Kier molecular flexibility index (Phi) is 5.87. The van der Waals surface area contributed by atoms with Gasteiger partial charge in [0.1, 0.15) is 5.69 Å². The first kappa shape index (κ1) is 16.1. The standard InChI is InChI=1S/C15H23N3O2S/c1-3-13-11-17(7-8-21-13)10-12-5-6-15(18(19)20)14(9-12)16-4-2/h5-6,9,13,16H,3-4,7-8,10-11H2,1-2H3. The third kappa shape index (κ3) is 4.35. The summed E-state index contributed by atoms with van der Waals surface area (Å²) in [7, 11) is 0. The van der Waals surface area contributed by atoms with Gasteiger partial charge in [-0.1, -0.05) is 13.0 Å². The summed E-state index contributed by atoms with van der Waals surface area (Å²) in [5.74, 6) is 1.17. The van der Waals surface area contributed by atoms with Crippen LogP contribution < -0.4 is 5.32 Å². The van der Waals surface area contributed by atoms with Crippen LogP contribution in [0.2, 0.25) is 0 Å². The van der Waals surface area contributed by atoms with Crippen molar-refractivity contribution >= 4 is 23.1 Å². The summed E-state index contributed by atoms with van der Waals surface area (Å²) < 4.78 is 0. The van der Waals surface area contributed by atoms with Gasteiger partial charge in [-0.15, -0.1) is 0 Å². The topological polar surface area (TPSA) is 58.4 Å². The molecule has 1 aromatic carbocycles. The third-order valence-electron chi connectivity index (χ3n) is 3.71. The molecule has 0 amide bonds. The Hall–Kier alpha value is -1.27. The van der Waals surface area contributed by atoms with E-state index in [4.69, 9.17) is 0 Å². The van der Waals surface area contributed by atoms with Crippen molar-refractivity contribution in [2.24, 2.45) is 0 Å². The zero-order valence-corrected chi connectivity index (χ0v) is 13.5. The molecule has 0 bridgehead atoms. The van der Waals surface area contributed by atoms with E-state index in [-0.39, 0.29) is 10.6 Å². The summed E-state index contributed by atoms with van der Waals surface area (Å²) in [5.41, 5.74) is 1.91. The van der Waals surface area contributed by atoms with Crippen LogP contribution in [0.1, 0.15) is 25.8 Å². The van der Waals surface area contributed by atoms with Crippen molar-refractivity contribution in [3.63, 3.8) is 0 Å². The highest BCUT2D eigenvalue weighted by Gasteiger charge is 2.20. The zero-order chi connectivity index (χ0) is 15.2. The van der Waals surface area contributed by atoms with E-state index >= 15 is 0 Å². The van der Waals surface area contributed by atoms with Crippen LogP contribution in [0.4, 0.5) is 11.4 Å². The van der Waals surface area contributed by atoms with E-state index in [9.17, 15) is 10.1 Å². The molecule has 1 aliphatic heterocycles. The van der Waals surface area contributed by atoms with Crippen molar-refractivity contribution in [2.45, 2.75) is 32.1 Å². The predicted octanol–water partition coefficient (Wildman–Crippen LogP) is 3.35. The van der Waals surface area contributed by atoms with Crippen molar-refractivity contribution < 1.29 is 4.92 Å². The van der Waals surface area contributed by atoms with E-state index in [2.05, 4.69) is 28.9 Å². The fourth-order valence-electron chi connectivity index (χ4n) is 2.60. The van der Waals surface area contributed by atoms with E-state index in [1.807, 2.05) is 19.1 Å². The van der Waals surface area contributed by atoms with Crippen LogP contribution in [0, 0.1) is 10.1 Å². The Balaban J connectivity index is 2.09. The molecule has 0 saturated carbocycles. The van der Waals surface area contributed by atoms with Crippen molar-refractivity contribution in [3.05, 3.63) is 33.9 Å². The van der Waals surface area contributed by atoms with Crippen LogP contribution in [0.25, 0.3) is 0 Å². The molecule has 1 unspecified atom stereocenters. The number of nitrogens with zero attached hydrogens (tertiary/aromatic N) is 2. The van der Waals surface area contributed by atoms with Gasteiger partial charge in [0.15, 0.2) is 0 Å². The molecular weight excluding hydrogens is 286 g/mol. The molecule has 21 heavy (non-hydrogen) atoms. The Labute approximate surface area is 130 Å². The van der Waals surface area contributed by atoms with Crippen LogP contribution in [0.15, 0.2) is 18.2 Å². The van der Waals surface area contributed by atoms with Crippen LogP contribution in [-0.4, -0.2) is 40.5 Å². The molecule has 1 atom stereocenters. The van der Waals surface area contributed by atoms with Gasteiger partial charge >= 0.3 is 0 Å². The number of nitrogens with one attached hydrogen (secondary N) is 1. The molecule has 0 radical (unpaired) electrons. The number of thioether (sulfide) groups is 1. The Morgan fingerprint density at radius 2 is 2.29 bits per heavy atom. The summed E-state index contributed by atoms with van der Waals surface area (Å²) in [6, 6.07) is 5.41. The maximum Gasteiger partial charge on any atom is 0.292 e. The van der Waals surface area contributed by atoms with E-state index in [0.29, 0.717) is 17.5 Å². The molecule has 2 rings (SSSR count). The molecule has 0 aromatic heterocycles. The summed E-state index contributed by atoms with van der Waals surface area (Å²) in [5, 5.41) is 14.8. The maximum atomic E-state index is 11.0. The molecule has 1 N–H and O–H groups in total. The van der Waals surface area contributed by atoms with Gasteiger partial charge in [-0.2, -0.15) is 11.8 Å². The molecule has 1 fully saturated rings. The minimum absolute atomic E-state index is 0.154. The van der Waals surface area contributed by atoms with E-state index in [1.165, 1.54) is 12.2 Å². The van der Waals surface area contributed by atoms with Crippen molar-refractivity contribution in [2.75, 3.05) is 30.7 Å². The second-order valence-corrected chi connectivity index (χ2v) is 6.68. The molecular formula is C15H23N3O2S. The van der Waals surface area contributed by atoms with Gasteiger partial charge in [-0.05, 0) is 25.0 Å². The SMILES string of the molecule is CCNc1cc(CN2CCSC(CC)C2)ccc1[N+](=O)[O-]. The smallest absolute Gasteiger partial charge is 0.292 e. The number of rotatable bonds is 6. The first-order valence-corrected chi connectivity index (χ1v) is 8.54. The lowest BCUT2D eigenvalue weighted by molar-refractivity contribution is -0.384. The van der Waals surface area contributed by atoms with Crippen LogP contribution in [-0.2, 0) is 6.54 Å². The van der Waals surface area contributed by atoms with Crippen molar-refractivity contribution in [1.29, 1.82) is 0 Å². The number of nitro groups is 1. The molecule has 116 valence electrons. The monoisotopic (exact) mass is 309 g/mol. The maximum absolute atomic E-state index is 11.0. The molecule has 0 spiro atoms. The Bertz CT molecular complexity index is 496. The highest BCUT2D eigenvalue weighted by atomic mass is 32.2. The third-order valence-corrected chi connectivity index (χ3v) is 5.08. The van der Waals surface area contributed by atoms with E-state index < -0.39 is 0 Å². The lowest BCUT2D eigenvalue weighted by Crippen LogP contribution is -2.37. The van der Waals surface area contributed by atoms with Crippen molar-refractivity contribution in [3.8, 4) is 0 Å². The number of benzene rings is 1. The molecule has 0 aliphatic carbocycles. The average molecular weight is 309 g/mol. The fourth-order valence-corrected chi connectivity index (χ4v) is 3.85. The van der Waals surface area contributed by atoms with E-state index in [1.54, 1.807) is 6.07 Å². The quantitative estimate of drug-likeness (QED) is 0.645. The lowest BCUT2D eigenvalue weighted by Gasteiger charge is -2.31. The second kappa shape index (κ2) is 7.66. The molecule has 1 aromatic rings. The van der Waals surface area contributed by atoms with Gasteiger partial charge in [-0.25, -0.2) is 0 Å². The van der Waals surface area contributed by atoms with Gasteiger partial charge in [0, 0.05) is 43.2 Å². The summed E-state index contributed by atoms with van der Waals surface area (Å²) in [4.78, 5) is 13.2. The minimum atomic E-state index is -0.327. The fraction of sp³-hybridized carbons (Fsp3) is 0.600. The highest BCUT2D eigenvalue weighted by Crippen LogP contribution is 2.27. The van der Waals surface area contributed by atoms with Crippen LogP contribution in [0.3, 0.4) is 0 Å². The van der Waals surface area contributed by atoms with Gasteiger partial charge in [-0.3, -0.25) is 15.0 Å². The molecule has 5 nitrogen and oxygen atoms in total. The highest BCUT2D eigenvalue weighted by molar-refractivity contribution is 8.00. The largest absolute Gasteiger partial charge is 0.380 e. The first-order chi connectivity index (χ1) is 10.1. The number of hydrogen-bond donors (Lipinski definition) is 1. The van der Waals surface area contributed by atoms with Crippen LogP contribution in [0.5, 0.6) is 0 Å². The Morgan fingerprint density at radius 1 is 1.48 bits per heavy atom. The lowest BCUT2D eigenvalue weighted by atomic mass is 10.1. The van der Waals surface area contributed by atoms with Gasteiger partial charge in [0.05, 0.1) is 4.92 Å². The molecule has 6 heteroatoms. The zero-order valence-electron chi connectivity index (χ0n) is 12.7. The minimum Gasteiger partial charge on any atom is -0.380 e. The summed E-state index contributed by atoms with van der Waals surface area (Å²) in [6.45, 7) is 7.93. The first-order valence-electron chi connectivity index (χ1n) is 7.49. The average Bonchev–Trinajstić information content (AvgIpc) is 2.48. The van der Waals surface area contributed by atoms with Gasteiger partial charge in [0.2, 0.25) is 0 Å². The molecule has 1 saturated heterocycles. The predicted molar refractivity (Wildman–Crippen MR) is 89.1 cm³/mol. The van der Waals surface area contributed by atoms with Crippen LogP contribution >= 0.6 is 11.8 Å². The van der Waals surface area contributed by atoms with E-state index in [0.717, 1.165) is 25.2 Å².